The monoisotopic (exact) mass is 455 g/mol. The third-order valence-electron chi connectivity index (χ3n) is 5.56. The zero-order valence-corrected chi connectivity index (χ0v) is 20.0. The predicted octanol–water partition coefficient (Wildman–Crippen LogP) is 6.48. The molecule has 0 radical (unpaired) electrons. The van der Waals surface area contributed by atoms with Gasteiger partial charge in [0.05, 0.1) is 12.2 Å². The maximum Gasteiger partial charge on any atom is 0.348 e. The highest BCUT2D eigenvalue weighted by Crippen LogP contribution is 2.16. The number of unbranched alkanes of at least 4 members (excludes halogenated alkanes) is 10. The molecule has 1 aliphatic heterocycles. The fourth-order valence-corrected chi connectivity index (χ4v) is 3.60. The van der Waals surface area contributed by atoms with Crippen molar-refractivity contribution in [2.45, 2.75) is 84.5 Å². The Labute approximate surface area is 197 Å². The summed E-state index contributed by atoms with van der Waals surface area (Å²) in [6.07, 6.45) is 16.4. The lowest BCUT2D eigenvalue weighted by atomic mass is 10.1. The number of rotatable bonds is 15. The van der Waals surface area contributed by atoms with E-state index in [9.17, 15) is 14.4 Å². The quantitative estimate of drug-likeness (QED) is 0.141. The van der Waals surface area contributed by atoms with Gasteiger partial charge in [-0.1, -0.05) is 71.1 Å². The minimum Gasteiger partial charge on any atom is -0.462 e. The van der Waals surface area contributed by atoms with Gasteiger partial charge < -0.3 is 14.8 Å². The van der Waals surface area contributed by atoms with Crippen LogP contribution in [0.2, 0.25) is 0 Å². The molecule has 0 spiro atoms. The van der Waals surface area contributed by atoms with Crippen LogP contribution in [-0.4, -0.2) is 24.3 Å². The maximum atomic E-state index is 12.2. The third-order valence-corrected chi connectivity index (χ3v) is 5.56. The smallest absolute Gasteiger partial charge is 0.348 e. The molecule has 1 aromatic carbocycles. The van der Waals surface area contributed by atoms with E-state index in [4.69, 9.17) is 9.47 Å². The Morgan fingerprint density at radius 3 is 2.06 bits per heavy atom. The molecule has 33 heavy (non-hydrogen) atoms. The normalized spacial score (nSPS) is 14.7. The number of hydrogen-bond acceptors (Lipinski definition) is 6. The molecule has 0 aliphatic carbocycles. The van der Waals surface area contributed by atoms with Crippen LogP contribution < -0.4 is 5.32 Å². The van der Waals surface area contributed by atoms with Crippen molar-refractivity contribution >= 4 is 23.4 Å². The minimum absolute atomic E-state index is 0.0731. The first kappa shape index (κ1) is 26.4. The average molecular weight is 456 g/mol. The van der Waals surface area contributed by atoms with Crippen LogP contribution >= 0.6 is 0 Å². The van der Waals surface area contributed by atoms with Gasteiger partial charge in [-0.3, -0.25) is 4.79 Å². The summed E-state index contributed by atoms with van der Waals surface area (Å²) in [5.74, 6) is -1.16. The summed E-state index contributed by atoms with van der Waals surface area (Å²) >= 11 is 0. The Morgan fingerprint density at radius 2 is 1.48 bits per heavy atom. The van der Waals surface area contributed by atoms with E-state index in [1.54, 1.807) is 31.2 Å². The van der Waals surface area contributed by atoms with Gasteiger partial charge in [0.25, 0.3) is 0 Å². The number of ether oxygens (including phenoxy) is 2. The molecule has 1 heterocycles. The van der Waals surface area contributed by atoms with E-state index >= 15 is 0 Å². The van der Waals surface area contributed by atoms with Gasteiger partial charge in [0, 0.05) is 18.0 Å². The number of carbonyl (C=O) groups excluding carboxylic acids is 3. The van der Waals surface area contributed by atoms with E-state index in [0.717, 1.165) is 12.8 Å². The Balaban J connectivity index is 1.60. The summed E-state index contributed by atoms with van der Waals surface area (Å²) in [7, 11) is 0. The van der Waals surface area contributed by atoms with Gasteiger partial charge in [-0.15, -0.1) is 0 Å². The number of ketones is 1. The zero-order chi connectivity index (χ0) is 23.9. The second kappa shape index (κ2) is 15.0. The van der Waals surface area contributed by atoms with Gasteiger partial charge in [0.2, 0.25) is 0 Å². The van der Waals surface area contributed by atoms with Crippen molar-refractivity contribution in [1.82, 2.24) is 0 Å². The highest BCUT2D eigenvalue weighted by atomic mass is 16.5. The summed E-state index contributed by atoms with van der Waals surface area (Å²) in [4.78, 5) is 35.9. The Hall–Kier alpha value is -2.89. The highest BCUT2D eigenvalue weighted by Gasteiger charge is 2.24. The fourth-order valence-electron chi connectivity index (χ4n) is 3.60. The first-order chi connectivity index (χ1) is 16.0. The fraction of sp³-hybridized carbons (Fsp3) is 0.519. The molecule has 1 aliphatic rings. The first-order valence-corrected chi connectivity index (χ1v) is 12.2. The van der Waals surface area contributed by atoms with E-state index in [1.165, 1.54) is 70.1 Å². The summed E-state index contributed by atoms with van der Waals surface area (Å²) in [5.41, 5.74) is 1.02. The van der Waals surface area contributed by atoms with Crippen LogP contribution in [0.4, 0.5) is 5.69 Å². The molecule has 6 nitrogen and oxygen atoms in total. The van der Waals surface area contributed by atoms with Crippen molar-refractivity contribution in [1.29, 1.82) is 0 Å². The van der Waals surface area contributed by atoms with Crippen molar-refractivity contribution in [2.24, 2.45) is 0 Å². The lowest BCUT2D eigenvalue weighted by molar-refractivity contribution is -0.137. The zero-order valence-electron chi connectivity index (χ0n) is 20.0. The molecule has 0 saturated carbocycles. The number of hydrogen-bond donors (Lipinski definition) is 1. The molecular formula is C27H37NO5. The predicted molar refractivity (Wildman–Crippen MR) is 130 cm³/mol. The van der Waals surface area contributed by atoms with Crippen LogP contribution in [0.15, 0.2) is 47.9 Å². The summed E-state index contributed by atoms with van der Waals surface area (Å²) in [5, 5.41) is 2.88. The van der Waals surface area contributed by atoms with E-state index in [2.05, 4.69) is 12.2 Å². The van der Waals surface area contributed by atoms with Crippen molar-refractivity contribution in [3.63, 3.8) is 0 Å². The number of anilines is 1. The molecule has 0 aromatic heterocycles. The number of cyclic esters (lactones) is 1. The molecule has 6 heteroatoms. The van der Waals surface area contributed by atoms with E-state index in [1.807, 2.05) is 0 Å². The molecular weight excluding hydrogens is 418 g/mol. The van der Waals surface area contributed by atoms with Crippen molar-refractivity contribution in [3.8, 4) is 0 Å². The molecule has 0 unspecified atom stereocenters. The second-order valence-electron chi connectivity index (χ2n) is 8.46. The SMILES string of the molecule is CCCCCCCCCCCCCOC(=O)c1ccc(NC=C2C(=O)C=C(C)OC2=O)cc1. The molecule has 0 fully saturated rings. The maximum absolute atomic E-state index is 12.2. The van der Waals surface area contributed by atoms with Crippen molar-refractivity contribution < 1.29 is 23.9 Å². The molecule has 180 valence electrons. The van der Waals surface area contributed by atoms with E-state index in [0.29, 0.717) is 17.9 Å². The molecule has 2 rings (SSSR count). The Morgan fingerprint density at radius 1 is 0.909 bits per heavy atom. The Bertz CT molecular complexity index is 839. The lowest BCUT2D eigenvalue weighted by Crippen LogP contribution is -2.20. The van der Waals surface area contributed by atoms with Gasteiger partial charge in [-0.25, -0.2) is 9.59 Å². The van der Waals surface area contributed by atoms with Crippen LogP contribution in [0.25, 0.3) is 0 Å². The molecule has 1 N–H and O–H groups in total. The molecule has 0 bridgehead atoms. The number of nitrogens with one attached hydrogen (secondary N) is 1. The van der Waals surface area contributed by atoms with Crippen molar-refractivity contribution in [3.05, 3.63) is 53.4 Å². The first-order valence-electron chi connectivity index (χ1n) is 12.2. The van der Waals surface area contributed by atoms with Crippen LogP contribution in [0, 0.1) is 0 Å². The second-order valence-corrected chi connectivity index (χ2v) is 8.46. The number of allylic oxidation sites excluding steroid dienone is 2. The van der Waals surface area contributed by atoms with Gasteiger partial charge in [-0.2, -0.15) is 0 Å². The standard InChI is InChI=1S/C27H37NO5/c1-3-4-5-6-7-8-9-10-11-12-13-18-32-26(30)22-14-16-23(17-15-22)28-20-24-25(29)19-21(2)33-27(24)31/h14-17,19-20,28H,3-13,18H2,1-2H3. The van der Waals surface area contributed by atoms with Crippen LogP contribution in [0.1, 0.15) is 94.8 Å². The largest absolute Gasteiger partial charge is 0.462 e. The highest BCUT2D eigenvalue weighted by molar-refractivity contribution is 6.23. The van der Waals surface area contributed by atoms with Gasteiger partial charge in [0.1, 0.15) is 11.3 Å². The topological polar surface area (TPSA) is 81.7 Å². The lowest BCUT2D eigenvalue weighted by Gasteiger charge is -2.12. The minimum atomic E-state index is -0.685. The number of carbonyl (C=O) groups is 3. The molecule has 0 atom stereocenters. The van der Waals surface area contributed by atoms with Crippen LogP contribution in [0.5, 0.6) is 0 Å². The van der Waals surface area contributed by atoms with Crippen molar-refractivity contribution in [2.75, 3.05) is 11.9 Å². The number of benzene rings is 1. The van der Waals surface area contributed by atoms with E-state index < -0.39 is 11.8 Å². The summed E-state index contributed by atoms with van der Waals surface area (Å²) in [6, 6.07) is 6.68. The average Bonchev–Trinajstić information content (AvgIpc) is 2.79. The Kier molecular flexibility index (Phi) is 12.0. The molecule has 1 aromatic rings. The van der Waals surface area contributed by atoms with Crippen LogP contribution in [-0.2, 0) is 19.1 Å². The molecule has 0 saturated heterocycles. The van der Waals surface area contributed by atoms with Gasteiger partial charge in [0.15, 0.2) is 5.78 Å². The summed E-state index contributed by atoms with van der Waals surface area (Å²) < 4.78 is 10.3. The molecule has 0 amide bonds. The van der Waals surface area contributed by atoms with Crippen LogP contribution in [0.3, 0.4) is 0 Å². The summed E-state index contributed by atoms with van der Waals surface area (Å²) in [6.45, 7) is 4.22. The number of esters is 2. The van der Waals surface area contributed by atoms with Gasteiger partial charge in [-0.05, 0) is 37.6 Å². The van der Waals surface area contributed by atoms with Gasteiger partial charge >= 0.3 is 11.9 Å². The third kappa shape index (κ3) is 10.1. The van der Waals surface area contributed by atoms with E-state index in [-0.39, 0.29) is 17.3 Å².